The van der Waals surface area contributed by atoms with Crippen LogP contribution in [-0.2, 0) is 19.6 Å². The third kappa shape index (κ3) is 4.95. The first kappa shape index (κ1) is 17.7. The van der Waals surface area contributed by atoms with E-state index >= 15 is 0 Å². The fraction of sp³-hybridized carbons (Fsp3) is 0.150. The van der Waals surface area contributed by atoms with Gasteiger partial charge in [-0.3, -0.25) is 4.79 Å². The maximum Gasteiger partial charge on any atom is 0.255 e. The average Bonchev–Trinajstić information content (AvgIpc) is 2.69. The Hall–Kier alpha value is -3.09. The molecule has 132 valence electrons. The van der Waals surface area contributed by atoms with Gasteiger partial charge in [0.2, 0.25) is 0 Å². The third-order valence-corrected chi connectivity index (χ3v) is 3.85. The van der Waals surface area contributed by atoms with Crippen LogP contribution in [0.2, 0.25) is 0 Å². The van der Waals surface area contributed by atoms with Crippen molar-refractivity contribution in [3.8, 4) is 0 Å². The predicted molar refractivity (Wildman–Crippen MR) is 101 cm³/mol. The molecule has 4 N–H and O–H groups in total. The normalized spacial score (nSPS) is 10.5. The molecule has 0 fully saturated rings. The number of carbonyl (C=O) groups excluding carboxylic acids is 1. The Balaban J connectivity index is 1.57. The molecule has 6 nitrogen and oxygen atoms in total. The smallest absolute Gasteiger partial charge is 0.255 e. The fourth-order valence-corrected chi connectivity index (χ4v) is 2.53. The van der Waals surface area contributed by atoms with Crippen LogP contribution in [0, 0.1) is 0 Å². The van der Waals surface area contributed by atoms with E-state index in [2.05, 4.69) is 20.6 Å². The van der Waals surface area contributed by atoms with E-state index in [9.17, 15) is 4.79 Å². The number of para-hydroxylation sites is 1. The van der Waals surface area contributed by atoms with Gasteiger partial charge in [-0.15, -0.1) is 0 Å². The maximum atomic E-state index is 12.4. The van der Waals surface area contributed by atoms with Crippen LogP contribution in [0.5, 0.6) is 0 Å². The minimum atomic E-state index is -0.124. The van der Waals surface area contributed by atoms with E-state index < -0.39 is 0 Å². The molecule has 6 heteroatoms. The van der Waals surface area contributed by atoms with E-state index in [1.807, 2.05) is 54.6 Å². The molecule has 0 aliphatic rings. The van der Waals surface area contributed by atoms with Crippen LogP contribution in [-0.4, -0.2) is 15.9 Å². The highest BCUT2D eigenvalue weighted by molar-refractivity contribution is 6.04. The molecule has 26 heavy (non-hydrogen) atoms. The van der Waals surface area contributed by atoms with Crippen LogP contribution in [0.1, 0.15) is 27.3 Å². The van der Waals surface area contributed by atoms with Gasteiger partial charge in [0.15, 0.2) is 0 Å². The lowest BCUT2D eigenvalue weighted by molar-refractivity contribution is 0.102. The van der Waals surface area contributed by atoms with E-state index in [1.54, 1.807) is 6.07 Å². The summed E-state index contributed by atoms with van der Waals surface area (Å²) in [5.41, 5.74) is 9.72. The second-order valence-corrected chi connectivity index (χ2v) is 5.83. The molecule has 1 amide bonds. The van der Waals surface area contributed by atoms with Gasteiger partial charge in [-0.2, -0.15) is 0 Å². The maximum absolute atomic E-state index is 12.4. The summed E-state index contributed by atoms with van der Waals surface area (Å²) in [6, 6.07) is 18.9. The summed E-state index contributed by atoms with van der Waals surface area (Å²) in [6.07, 6.45) is 1.52. The summed E-state index contributed by atoms with van der Waals surface area (Å²) in [5, 5.41) is 6.21. The number of nitrogens with two attached hydrogens (primary N) is 1. The third-order valence-electron chi connectivity index (χ3n) is 3.85. The molecule has 0 unspecified atom stereocenters. The summed E-state index contributed by atoms with van der Waals surface area (Å²) in [6.45, 7) is 1.64. The molecule has 1 heterocycles. The van der Waals surface area contributed by atoms with Gasteiger partial charge < -0.3 is 16.4 Å². The molecule has 0 bridgehead atoms. The Labute approximate surface area is 152 Å². The van der Waals surface area contributed by atoms with Crippen LogP contribution in [0.25, 0.3) is 0 Å². The Kier molecular flexibility index (Phi) is 6.03. The molecule has 0 aliphatic carbocycles. The summed E-state index contributed by atoms with van der Waals surface area (Å²) in [7, 11) is 0. The van der Waals surface area contributed by atoms with Crippen LogP contribution >= 0.6 is 0 Å². The quantitative estimate of drug-likeness (QED) is 0.610. The van der Waals surface area contributed by atoms with E-state index in [0.717, 1.165) is 22.6 Å². The number of nitrogens with zero attached hydrogens (tertiary/aromatic N) is 2. The molecule has 1 aromatic heterocycles. The van der Waals surface area contributed by atoms with Crippen LogP contribution in [0.15, 0.2) is 67.0 Å². The monoisotopic (exact) mass is 347 g/mol. The lowest BCUT2D eigenvalue weighted by Crippen LogP contribution is -2.16. The van der Waals surface area contributed by atoms with Gasteiger partial charge in [-0.1, -0.05) is 30.3 Å². The zero-order valence-corrected chi connectivity index (χ0v) is 14.4. The minimum Gasteiger partial charge on any atom is -0.325 e. The average molecular weight is 347 g/mol. The van der Waals surface area contributed by atoms with Gasteiger partial charge >= 0.3 is 0 Å². The highest BCUT2D eigenvalue weighted by atomic mass is 16.1. The molecular formula is C20H21N5O. The number of carbonyl (C=O) groups is 1. The largest absolute Gasteiger partial charge is 0.325 e. The van der Waals surface area contributed by atoms with Crippen molar-refractivity contribution in [2.75, 3.05) is 5.32 Å². The first-order chi connectivity index (χ1) is 12.7. The number of benzene rings is 2. The molecule has 0 spiro atoms. The topological polar surface area (TPSA) is 92.9 Å². The van der Waals surface area contributed by atoms with E-state index in [-0.39, 0.29) is 5.91 Å². The van der Waals surface area contributed by atoms with Gasteiger partial charge in [0, 0.05) is 30.9 Å². The first-order valence-electron chi connectivity index (χ1n) is 8.40. The molecule has 0 aliphatic heterocycles. The molecule has 3 rings (SSSR count). The Morgan fingerprint density at radius 3 is 2.54 bits per heavy atom. The second-order valence-electron chi connectivity index (χ2n) is 5.83. The number of nitrogens with one attached hydrogen (secondary N) is 2. The van der Waals surface area contributed by atoms with Gasteiger partial charge in [-0.05, 0) is 35.9 Å². The lowest BCUT2D eigenvalue weighted by Gasteiger charge is -2.08. The number of amides is 1. The predicted octanol–water partition coefficient (Wildman–Crippen LogP) is 2.48. The number of anilines is 1. The number of rotatable bonds is 7. The van der Waals surface area contributed by atoms with E-state index in [0.29, 0.717) is 25.2 Å². The van der Waals surface area contributed by atoms with Gasteiger partial charge in [-0.25, -0.2) is 9.97 Å². The second kappa shape index (κ2) is 8.84. The molecular weight excluding hydrogens is 326 g/mol. The standard InChI is InChI=1S/C20H21N5O/c21-11-18-10-19(24-14-23-18)13-22-12-15-5-4-6-16(9-15)20(26)25-17-7-2-1-3-8-17/h1-10,14,22H,11-13,21H2,(H,25,26). The molecule has 0 saturated heterocycles. The van der Waals surface area contributed by atoms with Crippen LogP contribution < -0.4 is 16.4 Å². The molecule has 2 aromatic carbocycles. The minimum absolute atomic E-state index is 0.124. The lowest BCUT2D eigenvalue weighted by atomic mass is 10.1. The number of hydrogen-bond donors (Lipinski definition) is 3. The van der Waals surface area contributed by atoms with Crippen LogP contribution in [0.3, 0.4) is 0 Å². The van der Waals surface area contributed by atoms with E-state index in [1.165, 1.54) is 6.33 Å². The first-order valence-corrected chi connectivity index (χ1v) is 8.40. The number of aromatic nitrogens is 2. The van der Waals surface area contributed by atoms with Crippen molar-refractivity contribution in [3.63, 3.8) is 0 Å². The van der Waals surface area contributed by atoms with Gasteiger partial charge in [0.25, 0.3) is 5.91 Å². The highest BCUT2D eigenvalue weighted by Gasteiger charge is 2.07. The van der Waals surface area contributed by atoms with Crippen molar-refractivity contribution in [2.45, 2.75) is 19.6 Å². The van der Waals surface area contributed by atoms with Crippen molar-refractivity contribution in [1.82, 2.24) is 15.3 Å². The summed E-state index contributed by atoms with van der Waals surface area (Å²) >= 11 is 0. The summed E-state index contributed by atoms with van der Waals surface area (Å²) < 4.78 is 0. The van der Waals surface area contributed by atoms with Gasteiger partial charge in [0.1, 0.15) is 6.33 Å². The highest BCUT2D eigenvalue weighted by Crippen LogP contribution is 2.10. The zero-order valence-electron chi connectivity index (χ0n) is 14.4. The Morgan fingerprint density at radius 1 is 0.923 bits per heavy atom. The fourth-order valence-electron chi connectivity index (χ4n) is 2.53. The molecule has 0 radical (unpaired) electrons. The van der Waals surface area contributed by atoms with Crippen molar-refractivity contribution in [3.05, 3.63) is 89.5 Å². The Bertz CT molecular complexity index is 867. The molecule has 0 atom stereocenters. The van der Waals surface area contributed by atoms with Crippen molar-refractivity contribution in [1.29, 1.82) is 0 Å². The summed E-state index contributed by atoms with van der Waals surface area (Å²) in [4.78, 5) is 20.7. The zero-order chi connectivity index (χ0) is 18.2. The van der Waals surface area contributed by atoms with Crippen molar-refractivity contribution in [2.24, 2.45) is 5.73 Å². The SMILES string of the molecule is NCc1cc(CNCc2cccc(C(=O)Nc3ccccc3)c2)ncn1. The van der Waals surface area contributed by atoms with Gasteiger partial charge in [0.05, 0.1) is 11.4 Å². The summed E-state index contributed by atoms with van der Waals surface area (Å²) in [5.74, 6) is -0.124. The Morgan fingerprint density at radius 2 is 1.73 bits per heavy atom. The van der Waals surface area contributed by atoms with E-state index in [4.69, 9.17) is 5.73 Å². The van der Waals surface area contributed by atoms with Crippen molar-refractivity contribution < 1.29 is 4.79 Å². The van der Waals surface area contributed by atoms with Crippen molar-refractivity contribution >= 4 is 11.6 Å². The number of hydrogen-bond acceptors (Lipinski definition) is 5. The van der Waals surface area contributed by atoms with Crippen LogP contribution in [0.4, 0.5) is 5.69 Å². The molecule has 3 aromatic rings. The molecule has 0 saturated carbocycles.